The van der Waals surface area contributed by atoms with E-state index in [0.29, 0.717) is 5.06 Å². The topological polar surface area (TPSA) is 58.9 Å². The van der Waals surface area contributed by atoms with Gasteiger partial charge in [0.15, 0.2) is 5.06 Å². The highest BCUT2D eigenvalue weighted by Crippen LogP contribution is 2.37. The molecule has 0 saturated heterocycles. The Kier molecular flexibility index (Phi) is 2.81. The SMILES string of the molecule is COc1cccc2cc(OB(O)O)sc12. The molecule has 0 aliphatic rings. The van der Waals surface area contributed by atoms with E-state index in [9.17, 15) is 0 Å². The molecule has 0 bridgehead atoms. The lowest BCUT2D eigenvalue weighted by Crippen LogP contribution is -2.19. The van der Waals surface area contributed by atoms with Gasteiger partial charge in [-0.25, -0.2) is 0 Å². The lowest BCUT2D eigenvalue weighted by Gasteiger charge is -1.99. The van der Waals surface area contributed by atoms with Gasteiger partial charge in [-0.1, -0.05) is 23.5 Å². The summed E-state index contributed by atoms with van der Waals surface area (Å²) in [5.41, 5.74) is 0. The maximum atomic E-state index is 8.67. The molecular formula is C9H9BO4S. The molecule has 2 aromatic rings. The molecule has 0 atom stereocenters. The van der Waals surface area contributed by atoms with Crippen LogP contribution >= 0.6 is 11.3 Å². The van der Waals surface area contributed by atoms with E-state index in [1.165, 1.54) is 11.3 Å². The molecule has 1 aromatic carbocycles. The largest absolute Gasteiger partial charge is 0.708 e. The van der Waals surface area contributed by atoms with Crippen molar-refractivity contribution < 1.29 is 19.4 Å². The van der Waals surface area contributed by atoms with Crippen molar-refractivity contribution in [3.63, 3.8) is 0 Å². The number of rotatable bonds is 3. The quantitative estimate of drug-likeness (QED) is 0.770. The van der Waals surface area contributed by atoms with Gasteiger partial charge < -0.3 is 19.4 Å². The predicted molar refractivity (Wildman–Crippen MR) is 59.2 cm³/mol. The number of hydrogen-bond donors (Lipinski definition) is 2. The van der Waals surface area contributed by atoms with Crippen LogP contribution < -0.4 is 9.39 Å². The second-order valence-electron chi connectivity index (χ2n) is 2.89. The van der Waals surface area contributed by atoms with Gasteiger partial charge in [0.1, 0.15) is 5.75 Å². The van der Waals surface area contributed by atoms with E-state index in [0.717, 1.165) is 15.8 Å². The van der Waals surface area contributed by atoms with Crippen LogP contribution in [0.25, 0.3) is 10.1 Å². The zero-order valence-corrected chi connectivity index (χ0v) is 8.82. The zero-order valence-electron chi connectivity index (χ0n) is 8.01. The smallest absolute Gasteiger partial charge is 0.504 e. The molecule has 0 aliphatic carbocycles. The fraction of sp³-hybridized carbons (Fsp3) is 0.111. The zero-order chi connectivity index (χ0) is 10.8. The van der Waals surface area contributed by atoms with Crippen molar-refractivity contribution in [1.82, 2.24) is 0 Å². The van der Waals surface area contributed by atoms with Crippen LogP contribution in [-0.4, -0.2) is 24.5 Å². The van der Waals surface area contributed by atoms with Crippen LogP contribution in [0.15, 0.2) is 24.3 Å². The minimum absolute atomic E-state index is 0.449. The summed E-state index contributed by atoms with van der Waals surface area (Å²) in [7, 11) is -0.195. The van der Waals surface area contributed by atoms with Gasteiger partial charge in [-0.05, 0) is 12.1 Å². The summed E-state index contributed by atoms with van der Waals surface area (Å²) in [5, 5.41) is 18.7. The molecule has 0 fully saturated rings. The van der Waals surface area contributed by atoms with Crippen molar-refractivity contribution in [2.45, 2.75) is 0 Å². The maximum Gasteiger partial charge on any atom is 0.708 e. The van der Waals surface area contributed by atoms with Gasteiger partial charge in [-0.3, -0.25) is 0 Å². The summed E-state index contributed by atoms with van der Waals surface area (Å²) in [5.74, 6) is 0.750. The van der Waals surface area contributed by atoms with Gasteiger partial charge in [0.25, 0.3) is 0 Å². The fourth-order valence-electron chi connectivity index (χ4n) is 1.34. The molecule has 78 valence electrons. The Hall–Kier alpha value is -1.24. The van der Waals surface area contributed by atoms with Crippen LogP contribution in [0.5, 0.6) is 10.8 Å². The van der Waals surface area contributed by atoms with E-state index in [2.05, 4.69) is 0 Å². The first-order valence-electron chi connectivity index (χ1n) is 4.30. The third kappa shape index (κ3) is 2.06. The molecule has 2 rings (SSSR count). The summed E-state index contributed by atoms with van der Waals surface area (Å²) >= 11 is 1.31. The minimum Gasteiger partial charge on any atom is -0.504 e. The molecule has 0 amide bonds. The van der Waals surface area contributed by atoms with Crippen molar-refractivity contribution in [2.75, 3.05) is 7.11 Å². The van der Waals surface area contributed by atoms with Gasteiger partial charge >= 0.3 is 7.32 Å². The van der Waals surface area contributed by atoms with E-state index in [-0.39, 0.29) is 0 Å². The molecule has 2 N–H and O–H groups in total. The highest BCUT2D eigenvalue weighted by atomic mass is 32.1. The fourth-order valence-corrected chi connectivity index (χ4v) is 2.35. The van der Waals surface area contributed by atoms with Crippen molar-refractivity contribution >= 4 is 28.7 Å². The number of hydrogen-bond acceptors (Lipinski definition) is 5. The maximum absolute atomic E-state index is 8.67. The highest BCUT2D eigenvalue weighted by Gasteiger charge is 2.14. The molecule has 0 aliphatic heterocycles. The van der Waals surface area contributed by atoms with Crippen molar-refractivity contribution in [3.8, 4) is 10.8 Å². The van der Waals surface area contributed by atoms with Crippen LogP contribution in [0.4, 0.5) is 0 Å². The standard InChI is InChI=1S/C9H9BO4S/c1-13-7-4-2-3-6-5-8(14-10(11)12)15-9(6)7/h2-5,11-12H,1H3. The van der Waals surface area contributed by atoms with Crippen LogP contribution in [0, 0.1) is 0 Å². The summed E-state index contributed by atoms with van der Waals surface area (Å²) in [4.78, 5) is 0. The molecular weight excluding hydrogens is 215 g/mol. The highest BCUT2D eigenvalue weighted by molar-refractivity contribution is 7.21. The van der Waals surface area contributed by atoms with Gasteiger partial charge in [0, 0.05) is 5.39 Å². The molecule has 1 aromatic heterocycles. The first-order chi connectivity index (χ1) is 7.20. The van der Waals surface area contributed by atoms with E-state index < -0.39 is 7.32 Å². The lowest BCUT2D eigenvalue weighted by atomic mass is 10.2. The lowest BCUT2D eigenvalue weighted by molar-refractivity contribution is 0.292. The Morgan fingerprint density at radius 2 is 2.13 bits per heavy atom. The first-order valence-corrected chi connectivity index (χ1v) is 5.11. The van der Waals surface area contributed by atoms with Gasteiger partial charge in [0.05, 0.1) is 11.8 Å². The Morgan fingerprint density at radius 3 is 2.80 bits per heavy atom. The molecule has 6 heteroatoms. The summed E-state index contributed by atoms with van der Waals surface area (Å²) in [6.07, 6.45) is 0. The van der Waals surface area contributed by atoms with E-state index in [4.69, 9.17) is 19.4 Å². The monoisotopic (exact) mass is 224 g/mol. The van der Waals surface area contributed by atoms with Crippen LogP contribution in [0.2, 0.25) is 0 Å². The Bertz CT molecular complexity index is 468. The minimum atomic E-state index is -1.79. The number of ether oxygens (including phenoxy) is 1. The second-order valence-corrected chi connectivity index (χ2v) is 3.90. The molecule has 4 nitrogen and oxygen atoms in total. The van der Waals surface area contributed by atoms with E-state index in [1.807, 2.05) is 18.2 Å². The summed E-state index contributed by atoms with van der Waals surface area (Å²) in [6.45, 7) is 0. The molecule has 0 spiro atoms. The normalized spacial score (nSPS) is 10.3. The number of methoxy groups -OCH3 is 1. The summed E-state index contributed by atoms with van der Waals surface area (Å²) < 4.78 is 10.9. The van der Waals surface area contributed by atoms with Gasteiger partial charge in [0.2, 0.25) is 0 Å². The average molecular weight is 224 g/mol. The second kappa shape index (κ2) is 4.10. The third-order valence-electron chi connectivity index (χ3n) is 1.93. The molecule has 0 radical (unpaired) electrons. The Labute approximate surface area is 90.9 Å². The first kappa shape index (κ1) is 10.3. The van der Waals surface area contributed by atoms with Crippen LogP contribution in [0.1, 0.15) is 0 Å². The molecule has 0 unspecified atom stereocenters. The molecule has 1 heterocycles. The van der Waals surface area contributed by atoms with E-state index in [1.54, 1.807) is 13.2 Å². The van der Waals surface area contributed by atoms with Gasteiger partial charge in [-0.2, -0.15) is 0 Å². The Balaban J connectivity index is 2.45. The van der Waals surface area contributed by atoms with Crippen molar-refractivity contribution in [3.05, 3.63) is 24.3 Å². The third-order valence-corrected chi connectivity index (χ3v) is 2.98. The van der Waals surface area contributed by atoms with Crippen molar-refractivity contribution in [1.29, 1.82) is 0 Å². The van der Waals surface area contributed by atoms with Gasteiger partial charge in [-0.15, -0.1) is 0 Å². The Morgan fingerprint density at radius 1 is 1.33 bits per heavy atom. The molecule has 15 heavy (non-hydrogen) atoms. The number of thiophene rings is 1. The average Bonchev–Trinajstić information content (AvgIpc) is 2.58. The molecule has 0 saturated carbocycles. The van der Waals surface area contributed by atoms with Crippen molar-refractivity contribution in [2.24, 2.45) is 0 Å². The van der Waals surface area contributed by atoms with Crippen LogP contribution in [-0.2, 0) is 0 Å². The summed E-state index contributed by atoms with van der Waals surface area (Å²) in [6, 6.07) is 7.36. The van der Waals surface area contributed by atoms with Crippen LogP contribution in [0.3, 0.4) is 0 Å². The number of fused-ring (bicyclic) bond motifs is 1. The number of benzene rings is 1. The van der Waals surface area contributed by atoms with E-state index >= 15 is 0 Å². The predicted octanol–water partition coefficient (Wildman–Crippen LogP) is 1.26.